The number of aryl methyl sites for hydroxylation is 3. The van der Waals surface area contributed by atoms with E-state index in [-0.39, 0.29) is 17.2 Å². The first-order chi connectivity index (χ1) is 13.3. The lowest BCUT2D eigenvalue weighted by Gasteiger charge is -2.11. The molecule has 3 aromatic heterocycles. The van der Waals surface area contributed by atoms with Gasteiger partial charge in [0.05, 0.1) is 5.69 Å². The predicted molar refractivity (Wildman–Crippen MR) is 110 cm³/mol. The number of aromatic nitrogens is 5. The van der Waals surface area contributed by atoms with Crippen molar-refractivity contribution in [3.05, 3.63) is 62.6 Å². The summed E-state index contributed by atoms with van der Waals surface area (Å²) in [6.45, 7) is 8.48. The van der Waals surface area contributed by atoms with Crippen LogP contribution in [0.4, 0.5) is 0 Å². The standard InChI is InChI=1S/C21H25N5O2/c1-6-15-9-7-8-10-16(15)26-14(4)12-24-17-18(22-20(24)26)23(5)21(28)25(19(17)27)11-13(2)3/h7-10,12-13H,6,11H2,1-5H3. The van der Waals surface area contributed by atoms with Gasteiger partial charge in [-0.1, -0.05) is 39.0 Å². The van der Waals surface area contributed by atoms with Crippen LogP contribution in [0.5, 0.6) is 0 Å². The van der Waals surface area contributed by atoms with E-state index in [9.17, 15) is 9.59 Å². The molecule has 0 aliphatic carbocycles. The van der Waals surface area contributed by atoms with Gasteiger partial charge in [0, 0.05) is 25.5 Å². The van der Waals surface area contributed by atoms with E-state index in [1.165, 1.54) is 14.7 Å². The SMILES string of the molecule is CCc1ccccc1-n1c(C)cn2c3c(=O)n(CC(C)C)c(=O)n(C)c3nc12. The maximum absolute atomic E-state index is 13.2. The molecule has 0 amide bonds. The molecule has 0 bridgehead atoms. The van der Waals surface area contributed by atoms with Gasteiger partial charge in [-0.15, -0.1) is 0 Å². The van der Waals surface area contributed by atoms with E-state index < -0.39 is 0 Å². The van der Waals surface area contributed by atoms with Gasteiger partial charge in [-0.2, -0.15) is 4.98 Å². The minimum absolute atomic E-state index is 0.189. The highest BCUT2D eigenvalue weighted by Gasteiger charge is 2.21. The summed E-state index contributed by atoms with van der Waals surface area (Å²) in [6, 6.07) is 8.17. The summed E-state index contributed by atoms with van der Waals surface area (Å²) in [7, 11) is 1.67. The van der Waals surface area contributed by atoms with Gasteiger partial charge in [0.15, 0.2) is 11.2 Å². The third-order valence-corrected chi connectivity index (χ3v) is 5.19. The van der Waals surface area contributed by atoms with Crippen molar-refractivity contribution >= 4 is 16.9 Å². The van der Waals surface area contributed by atoms with E-state index in [0.29, 0.717) is 23.5 Å². The highest BCUT2D eigenvalue weighted by Crippen LogP contribution is 2.23. The smallest absolute Gasteiger partial charge is 0.283 e. The van der Waals surface area contributed by atoms with Crippen LogP contribution in [0.25, 0.3) is 22.6 Å². The first-order valence-electron chi connectivity index (χ1n) is 9.63. The van der Waals surface area contributed by atoms with Crippen LogP contribution in [-0.4, -0.2) is 23.1 Å². The van der Waals surface area contributed by atoms with Crippen LogP contribution >= 0.6 is 0 Å². The van der Waals surface area contributed by atoms with Crippen LogP contribution in [0.3, 0.4) is 0 Å². The third-order valence-electron chi connectivity index (χ3n) is 5.19. The highest BCUT2D eigenvalue weighted by atomic mass is 16.2. The largest absolute Gasteiger partial charge is 0.332 e. The Morgan fingerprint density at radius 2 is 1.86 bits per heavy atom. The van der Waals surface area contributed by atoms with Gasteiger partial charge in [0.2, 0.25) is 5.78 Å². The molecule has 1 aromatic carbocycles. The average molecular weight is 379 g/mol. The van der Waals surface area contributed by atoms with Crippen molar-refractivity contribution in [2.75, 3.05) is 0 Å². The maximum atomic E-state index is 13.2. The van der Waals surface area contributed by atoms with Crippen LogP contribution in [0.2, 0.25) is 0 Å². The number of para-hydroxylation sites is 1. The second kappa shape index (κ2) is 6.51. The summed E-state index contributed by atoms with van der Waals surface area (Å²) in [5.74, 6) is 0.830. The van der Waals surface area contributed by atoms with E-state index >= 15 is 0 Å². The summed E-state index contributed by atoms with van der Waals surface area (Å²) in [4.78, 5) is 30.6. The van der Waals surface area contributed by atoms with Crippen molar-refractivity contribution in [1.82, 2.24) is 23.1 Å². The Bertz CT molecular complexity index is 1320. The van der Waals surface area contributed by atoms with Crippen molar-refractivity contribution < 1.29 is 0 Å². The lowest BCUT2D eigenvalue weighted by Crippen LogP contribution is -2.40. The molecule has 0 N–H and O–H groups in total. The Balaban J connectivity index is 2.13. The minimum atomic E-state index is -0.329. The molecule has 3 heterocycles. The zero-order valence-corrected chi connectivity index (χ0v) is 16.9. The molecule has 7 nitrogen and oxygen atoms in total. The van der Waals surface area contributed by atoms with Gasteiger partial charge in [0.1, 0.15) is 0 Å². The summed E-state index contributed by atoms with van der Waals surface area (Å²) >= 11 is 0. The lowest BCUT2D eigenvalue weighted by molar-refractivity contribution is 0.484. The monoisotopic (exact) mass is 379 g/mol. The molecule has 0 aliphatic rings. The van der Waals surface area contributed by atoms with Gasteiger partial charge >= 0.3 is 5.69 Å². The lowest BCUT2D eigenvalue weighted by atomic mass is 10.1. The molecule has 0 radical (unpaired) electrons. The van der Waals surface area contributed by atoms with Gasteiger partial charge in [-0.05, 0) is 30.9 Å². The quantitative estimate of drug-likeness (QED) is 0.548. The summed E-state index contributed by atoms with van der Waals surface area (Å²) in [6.07, 6.45) is 2.81. The average Bonchev–Trinajstić information content (AvgIpc) is 3.17. The molecule has 4 rings (SSSR count). The van der Waals surface area contributed by atoms with E-state index in [1.54, 1.807) is 7.05 Å². The number of imidazole rings is 2. The van der Waals surface area contributed by atoms with Crippen molar-refractivity contribution in [3.63, 3.8) is 0 Å². The number of hydrogen-bond donors (Lipinski definition) is 0. The second-order valence-electron chi connectivity index (χ2n) is 7.69. The second-order valence-corrected chi connectivity index (χ2v) is 7.69. The fourth-order valence-corrected chi connectivity index (χ4v) is 3.86. The highest BCUT2D eigenvalue weighted by molar-refractivity contribution is 5.76. The fraction of sp³-hybridized carbons (Fsp3) is 0.381. The molecular weight excluding hydrogens is 354 g/mol. The number of rotatable bonds is 4. The fourth-order valence-electron chi connectivity index (χ4n) is 3.86. The molecule has 28 heavy (non-hydrogen) atoms. The zero-order valence-electron chi connectivity index (χ0n) is 16.9. The first-order valence-corrected chi connectivity index (χ1v) is 9.63. The number of nitrogens with zero attached hydrogens (tertiary/aromatic N) is 5. The Labute approximate surface area is 162 Å². The van der Waals surface area contributed by atoms with E-state index in [4.69, 9.17) is 4.98 Å². The van der Waals surface area contributed by atoms with Crippen LogP contribution in [0, 0.1) is 12.8 Å². The van der Waals surface area contributed by atoms with E-state index in [1.807, 2.05) is 43.5 Å². The predicted octanol–water partition coefficient (Wildman–Crippen LogP) is 2.67. The van der Waals surface area contributed by atoms with Crippen molar-refractivity contribution in [3.8, 4) is 5.69 Å². The summed E-state index contributed by atoms with van der Waals surface area (Å²) < 4.78 is 6.65. The molecule has 146 valence electrons. The van der Waals surface area contributed by atoms with E-state index in [0.717, 1.165) is 17.8 Å². The molecule has 0 atom stereocenters. The van der Waals surface area contributed by atoms with Crippen LogP contribution in [0.1, 0.15) is 32.0 Å². The topological polar surface area (TPSA) is 66.2 Å². The van der Waals surface area contributed by atoms with Gasteiger partial charge in [-0.25, -0.2) is 4.79 Å². The van der Waals surface area contributed by atoms with Gasteiger partial charge in [-0.3, -0.25) is 22.9 Å². The maximum Gasteiger partial charge on any atom is 0.332 e. The number of hydrogen-bond acceptors (Lipinski definition) is 3. The molecule has 0 aliphatic heterocycles. The molecule has 0 saturated heterocycles. The molecule has 0 spiro atoms. The Kier molecular flexibility index (Phi) is 4.25. The Morgan fingerprint density at radius 3 is 2.54 bits per heavy atom. The third kappa shape index (κ3) is 2.53. The Hall–Kier alpha value is -3.09. The normalized spacial score (nSPS) is 11.9. The summed E-state index contributed by atoms with van der Waals surface area (Å²) in [5.41, 5.74) is 3.45. The minimum Gasteiger partial charge on any atom is -0.283 e. The summed E-state index contributed by atoms with van der Waals surface area (Å²) in [5, 5.41) is 0. The van der Waals surface area contributed by atoms with Crippen LogP contribution < -0.4 is 11.2 Å². The van der Waals surface area contributed by atoms with Crippen molar-refractivity contribution in [2.24, 2.45) is 13.0 Å². The van der Waals surface area contributed by atoms with Crippen molar-refractivity contribution in [2.45, 2.75) is 40.7 Å². The molecule has 0 fully saturated rings. The molecule has 0 unspecified atom stereocenters. The van der Waals surface area contributed by atoms with Gasteiger partial charge in [0.25, 0.3) is 5.56 Å². The van der Waals surface area contributed by atoms with E-state index in [2.05, 4.69) is 23.6 Å². The molecule has 4 aromatic rings. The number of benzene rings is 1. The molecule has 7 heteroatoms. The van der Waals surface area contributed by atoms with Crippen LogP contribution in [-0.2, 0) is 20.0 Å². The molecule has 0 saturated carbocycles. The molecular formula is C21H25N5O2. The first kappa shape index (κ1) is 18.3. The van der Waals surface area contributed by atoms with Crippen molar-refractivity contribution in [1.29, 1.82) is 0 Å². The number of fused-ring (bicyclic) bond motifs is 3. The zero-order chi connectivity index (χ0) is 20.2. The van der Waals surface area contributed by atoms with Crippen LogP contribution in [0.15, 0.2) is 40.1 Å². The van der Waals surface area contributed by atoms with Gasteiger partial charge < -0.3 is 0 Å². The Morgan fingerprint density at radius 1 is 1.14 bits per heavy atom.